The molecule has 1 aliphatic heterocycles. The highest BCUT2D eigenvalue weighted by atomic mass is 35.5. The molecule has 5 heteroatoms. The van der Waals surface area contributed by atoms with Gasteiger partial charge in [0.05, 0.1) is 13.3 Å². The molecule has 0 radical (unpaired) electrons. The Kier molecular flexibility index (Phi) is 4.62. The first kappa shape index (κ1) is 15.3. The number of hydrogen-bond acceptors (Lipinski definition) is 2. The third-order valence-electron chi connectivity index (χ3n) is 3.97. The number of hydrogen-bond donors (Lipinski definition) is 1. The Balaban J connectivity index is 1.78. The monoisotopic (exact) mass is 331 g/mol. The van der Waals surface area contributed by atoms with Gasteiger partial charge in [-0.25, -0.2) is 0 Å². The van der Waals surface area contributed by atoms with Crippen LogP contribution in [-0.2, 0) is 0 Å². The highest BCUT2D eigenvalue weighted by molar-refractivity contribution is 7.80. The van der Waals surface area contributed by atoms with Gasteiger partial charge in [-0.3, -0.25) is 4.90 Å². The lowest BCUT2D eigenvalue weighted by molar-refractivity contribution is 0.200. The molecule has 0 spiro atoms. The molecule has 1 aliphatic rings. The van der Waals surface area contributed by atoms with Crippen molar-refractivity contribution in [2.45, 2.75) is 13.0 Å². The van der Waals surface area contributed by atoms with Gasteiger partial charge in [-0.1, -0.05) is 41.9 Å². The standard InChI is InChI=1S/C17H18ClN3S/c1-13(14-5-3-2-4-6-14)20-11-19-17(22)21(12-20)16-9-7-15(18)8-10-16/h2-10,13H,11-12H2,1H3,(H,19,22)/t13-/m1/s1. The van der Waals surface area contributed by atoms with E-state index in [1.165, 1.54) is 5.56 Å². The van der Waals surface area contributed by atoms with E-state index in [4.69, 9.17) is 23.8 Å². The molecule has 1 atom stereocenters. The van der Waals surface area contributed by atoms with Crippen molar-refractivity contribution >= 4 is 34.6 Å². The molecule has 1 heterocycles. The lowest BCUT2D eigenvalue weighted by Crippen LogP contribution is -2.56. The first-order valence-electron chi connectivity index (χ1n) is 7.25. The van der Waals surface area contributed by atoms with Gasteiger partial charge in [0.25, 0.3) is 0 Å². The maximum Gasteiger partial charge on any atom is 0.175 e. The maximum atomic E-state index is 5.97. The second-order valence-corrected chi connectivity index (χ2v) is 6.18. The molecule has 2 aromatic rings. The van der Waals surface area contributed by atoms with Gasteiger partial charge in [0.2, 0.25) is 0 Å². The SMILES string of the molecule is C[C@H](c1ccccc1)N1CNC(=S)N(c2ccc(Cl)cc2)C1. The quantitative estimate of drug-likeness (QED) is 0.856. The van der Waals surface area contributed by atoms with Crippen LogP contribution in [0.2, 0.25) is 5.02 Å². The van der Waals surface area contributed by atoms with E-state index in [2.05, 4.69) is 46.3 Å². The van der Waals surface area contributed by atoms with Crippen molar-refractivity contribution in [3.8, 4) is 0 Å². The number of nitrogens with one attached hydrogen (secondary N) is 1. The number of nitrogens with zero attached hydrogens (tertiary/aromatic N) is 2. The molecule has 1 fully saturated rings. The summed E-state index contributed by atoms with van der Waals surface area (Å²) in [6.45, 7) is 3.72. The van der Waals surface area contributed by atoms with Crippen molar-refractivity contribution in [1.82, 2.24) is 10.2 Å². The fourth-order valence-electron chi connectivity index (χ4n) is 2.58. The van der Waals surface area contributed by atoms with E-state index in [1.54, 1.807) is 0 Å². The molecule has 3 nitrogen and oxygen atoms in total. The molecule has 1 N–H and O–H groups in total. The van der Waals surface area contributed by atoms with Crippen molar-refractivity contribution in [2.24, 2.45) is 0 Å². The second kappa shape index (κ2) is 6.65. The van der Waals surface area contributed by atoms with Crippen LogP contribution in [0.3, 0.4) is 0 Å². The van der Waals surface area contributed by atoms with E-state index in [0.717, 1.165) is 29.2 Å². The van der Waals surface area contributed by atoms with Crippen LogP contribution in [0.1, 0.15) is 18.5 Å². The highest BCUT2D eigenvalue weighted by Gasteiger charge is 2.25. The normalized spacial score (nSPS) is 17.2. The van der Waals surface area contributed by atoms with Crippen LogP contribution in [0.4, 0.5) is 5.69 Å². The lowest BCUT2D eigenvalue weighted by Gasteiger charge is -2.41. The Morgan fingerprint density at radius 1 is 1.09 bits per heavy atom. The number of halogens is 1. The molecule has 22 heavy (non-hydrogen) atoms. The fraction of sp³-hybridized carbons (Fsp3) is 0.235. The highest BCUT2D eigenvalue weighted by Crippen LogP contribution is 2.25. The van der Waals surface area contributed by atoms with E-state index in [0.29, 0.717) is 6.04 Å². The Hall–Kier alpha value is -1.62. The summed E-state index contributed by atoms with van der Waals surface area (Å²) >= 11 is 11.4. The van der Waals surface area contributed by atoms with Gasteiger partial charge < -0.3 is 10.2 Å². The number of thiocarbonyl (C=S) groups is 1. The van der Waals surface area contributed by atoms with Crippen LogP contribution in [0, 0.1) is 0 Å². The van der Waals surface area contributed by atoms with Crippen LogP contribution >= 0.6 is 23.8 Å². The number of anilines is 1. The first-order valence-corrected chi connectivity index (χ1v) is 8.04. The summed E-state index contributed by atoms with van der Waals surface area (Å²) in [7, 11) is 0. The van der Waals surface area contributed by atoms with Crippen molar-refractivity contribution in [3.05, 3.63) is 65.2 Å². The summed E-state index contributed by atoms with van der Waals surface area (Å²) in [6.07, 6.45) is 0. The lowest BCUT2D eigenvalue weighted by atomic mass is 10.1. The third-order valence-corrected chi connectivity index (χ3v) is 4.59. The van der Waals surface area contributed by atoms with E-state index >= 15 is 0 Å². The van der Waals surface area contributed by atoms with Gasteiger partial charge in [-0.2, -0.15) is 0 Å². The predicted octanol–water partition coefficient (Wildman–Crippen LogP) is 4.01. The van der Waals surface area contributed by atoms with Crippen molar-refractivity contribution in [2.75, 3.05) is 18.2 Å². The van der Waals surface area contributed by atoms with E-state index < -0.39 is 0 Å². The fourth-order valence-corrected chi connectivity index (χ4v) is 2.94. The van der Waals surface area contributed by atoms with Crippen LogP contribution < -0.4 is 10.2 Å². The van der Waals surface area contributed by atoms with Gasteiger partial charge >= 0.3 is 0 Å². The summed E-state index contributed by atoms with van der Waals surface area (Å²) in [5.74, 6) is 0. The van der Waals surface area contributed by atoms with Gasteiger partial charge in [0.15, 0.2) is 5.11 Å². The average molecular weight is 332 g/mol. The van der Waals surface area contributed by atoms with E-state index in [1.807, 2.05) is 30.3 Å². The molecular weight excluding hydrogens is 314 g/mol. The minimum atomic E-state index is 0.312. The average Bonchev–Trinajstić information content (AvgIpc) is 2.56. The first-order chi connectivity index (χ1) is 10.6. The van der Waals surface area contributed by atoms with Crippen LogP contribution in [0.15, 0.2) is 54.6 Å². The number of rotatable bonds is 3. The van der Waals surface area contributed by atoms with Crippen molar-refractivity contribution in [1.29, 1.82) is 0 Å². The molecule has 1 saturated heterocycles. The minimum absolute atomic E-state index is 0.312. The Bertz CT molecular complexity index is 645. The largest absolute Gasteiger partial charge is 0.349 e. The Morgan fingerprint density at radius 3 is 2.45 bits per heavy atom. The molecule has 0 aliphatic carbocycles. The zero-order valence-corrected chi connectivity index (χ0v) is 13.9. The van der Waals surface area contributed by atoms with Crippen molar-refractivity contribution in [3.63, 3.8) is 0 Å². The molecule has 0 saturated carbocycles. The smallest absolute Gasteiger partial charge is 0.175 e. The Morgan fingerprint density at radius 2 is 1.77 bits per heavy atom. The predicted molar refractivity (Wildman–Crippen MR) is 96.1 cm³/mol. The Labute approximate surface area is 141 Å². The van der Waals surface area contributed by atoms with E-state index in [-0.39, 0.29) is 0 Å². The summed E-state index contributed by atoms with van der Waals surface area (Å²) in [5.41, 5.74) is 2.35. The van der Waals surface area contributed by atoms with Crippen molar-refractivity contribution < 1.29 is 0 Å². The summed E-state index contributed by atoms with van der Waals surface area (Å²) in [5, 5.41) is 4.78. The third kappa shape index (κ3) is 3.24. The molecular formula is C17H18ClN3S. The minimum Gasteiger partial charge on any atom is -0.349 e. The molecule has 0 unspecified atom stereocenters. The summed E-state index contributed by atoms with van der Waals surface area (Å²) < 4.78 is 0. The number of benzene rings is 2. The topological polar surface area (TPSA) is 18.5 Å². The molecule has 3 rings (SSSR count). The zero-order valence-electron chi connectivity index (χ0n) is 12.4. The zero-order chi connectivity index (χ0) is 15.5. The molecule has 0 aromatic heterocycles. The summed E-state index contributed by atoms with van der Waals surface area (Å²) in [4.78, 5) is 4.44. The van der Waals surface area contributed by atoms with Gasteiger partial charge in [0.1, 0.15) is 0 Å². The molecule has 2 aromatic carbocycles. The van der Waals surface area contributed by atoms with Crippen LogP contribution in [0.25, 0.3) is 0 Å². The molecule has 114 valence electrons. The van der Waals surface area contributed by atoms with Crippen LogP contribution in [0.5, 0.6) is 0 Å². The summed E-state index contributed by atoms with van der Waals surface area (Å²) in [6, 6.07) is 18.6. The van der Waals surface area contributed by atoms with Crippen LogP contribution in [-0.4, -0.2) is 23.3 Å². The van der Waals surface area contributed by atoms with E-state index in [9.17, 15) is 0 Å². The molecule has 0 amide bonds. The van der Waals surface area contributed by atoms with Gasteiger partial charge in [0, 0.05) is 16.8 Å². The maximum absolute atomic E-state index is 5.97. The second-order valence-electron chi connectivity index (χ2n) is 5.36. The molecule has 0 bridgehead atoms. The van der Waals surface area contributed by atoms with Gasteiger partial charge in [-0.15, -0.1) is 0 Å². The van der Waals surface area contributed by atoms with Gasteiger partial charge in [-0.05, 0) is 49.0 Å².